The molecule has 0 aromatic carbocycles. The molecular formula is C9H12BrN3O. The molecular weight excluding hydrogens is 246 g/mol. The van der Waals surface area contributed by atoms with Gasteiger partial charge in [-0.05, 0) is 28.4 Å². The number of aliphatic imine (C=N–C) groups is 1. The van der Waals surface area contributed by atoms with Crippen LogP contribution in [-0.4, -0.2) is 19.0 Å². The summed E-state index contributed by atoms with van der Waals surface area (Å²) in [4.78, 5) is 4.30. The van der Waals surface area contributed by atoms with Crippen molar-refractivity contribution in [3.8, 4) is 0 Å². The molecule has 0 saturated carbocycles. The Bertz CT molecular complexity index is 335. The van der Waals surface area contributed by atoms with Gasteiger partial charge in [-0.3, -0.25) is 4.99 Å². The van der Waals surface area contributed by atoms with Crippen LogP contribution in [0, 0.1) is 0 Å². The highest BCUT2D eigenvalue weighted by molar-refractivity contribution is 9.10. The van der Waals surface area contributed by atoms with Gasteiger partial charge in [-0.2, -0.15) is 0 Å². The first-order chi connectivity index (χ1) is 6.84. The molecule has 14 heavy (non-hydrogen) atoms. The summed E-state index contributed by atoms with van der Waals surface area (Å²) in [5.74, 6) is 0.883. The minimum atomic E-state index is 0.737. The Balaban J connectivity index is 1.84. The summed E-state index contributed by atoms with van der Waals surface area (Å²) in [7, 11) is 0. The second-order valence-corrected chi connectivity index (χ2v) is 3.90. The quantitative estimate of drug-likeness (QED) is 0.844. The summed E-state index contributed by atoms with van der Waals surface area (Å²) in [5, 5.41) is 6.40. The van der Waals surface area contributed by atoms with Crippen molar-refractivity contribution >= 4 is 21.9 Å². The van der Waals surface area contributed by atoms with Crippen LogP contribution in [0.2, 0.25) is 0 Å². The average molecular weight is 258 g/mol. The van der Waals surface area contributed by atoms with Crippen LogP contribution in [-0.2, 0) is 6.54 Å². The van der Waals surface area contributed by atoms with E-state index in [2.05, 4.69) is 31.6 Å². The molecule has 0 saturated heterocycles. The summed E-state index contributed by atoms with van der Waals surface area (Å²) in [6.45, 7) is 2.65. The first-order valence-corrected chi connectivity index (χ1v) is 5.39. The van der Waals surface area contributed by atoms with Gasteiger partial charge in [-0.1, -0.05) is 0 Å². The van der Waals surface area contributed by atoms with Crippen LogP contribution < -0.4 is 10.6 Å². The molecule has 0 spiro atoms. The highest BCUT2D eigenvalue weighted by atomic mass is 79.9. The van der Waals surface area contributed by atoms with E-state index < -0.39 is 0 Å². The number of rotatable bonds is 2. The van der Waals surface area contributed by atoms with Crippen molar-refractivity contribution in [2.45, 2.75) is 13.0 Å². The van der Waals surface area contributed by atoms with Gasteiger partial charge in [-0.25, -0.2) is 0 Å². The summed E-state index contributed by atoms with van der Waals surface area (Å²) in [6, 6.07) is 1.94. The topological polar surface area (TPSA) is 49.6 Å². The smallest absolute Gasteiger partial charge is 0.191 e. The minimum Gasteiger partial charge on any atom is -0.457 e. The van der Waals surface area contributed by atoms with Crippen LogP contribution in [0.25, 0.3) is 0 Å². The molecule has 76 valence electrons. The second-order valence-electron chi connectivity index (χ2n) is 3.12. The van der Waals surface area contributed by atoms with E-state index in [0.29, 0.717) is 0 Å². The Labute approximate surface area is 90.9 Å². The van der Waals surface area contributed by atoms with E-state index >= 15 is 0 Å². The van der Waals surface area contributed by atoms with E-state index in [0.717, 1.165) is 42.2 Å². The van der Waals surface area contributed by atoms with E-state index in [1.807, 2.05) is 6.07 Å². The molecule has 0 atom stereocenters. The van der Waals surface area contributed by atoms with E-state index in [1.54, 1.807) is 6.26 Å². The van der Waals surface area contributed by atoms with Crippen LogP contribution in [0.1, 0.15) is 12.0 Å². The summed E-state index contributed by atoms with van der Waals surface area (Å²) >= 11 is 3.26. The van der Waals surface area contributed by atoms with Crippen molar-refractivity contribution in [1.82, 2.24) is 10.6 Å². The highest BCUT2D eigenvalue weighted by Gasteiger charge is 2.04. The number of hydrogen-bond acceptors (Lipinski definition) is 4. The summed E-state index contributed by atoms with van der Waals surface area (Å²) < 4.78 is 5.88. The van der Waals surface area contributed by atoms with Crippen LogP contribution in [0.5, 0.6) is 0 Å². The van der Waals surface area contributed by atoms with Crippen LogP contribution in [0.3, 0.4) is 0 Å². The monoisotopic (exact) mass is 257 g/mol. The predicted octanol–water partition coefficient (Wildman–Crippen LogP) is 1.48. The number of hydrogen-bond donors (Lipinski definition) is 2. The molecule has 0 aliphatic carbocycles. The number of nitrogens with one attached hydrogen (secondary N) is 2. The third-order valence-electron chi connectivity index (χ3n) is 1.98. The Morgan fingerprint density at radius 2 is 2.57 bits per heavy atom. The maximum atomic E-state index is 5.12. The van der Waals surface area contributed by atoms with Crippen LogP contribution in [0.4, 0.5) is 0 Å². The van der Waals surface area contributed by atoms with Crippen molar-refractivity contribution in [1.29, 1.82) is 0 Å². The molecule has 0 bridgehead atoms. The maximum Gasteiger partial charge on any atom is 0.191 e. The lowest BCUT2D eigenvalue weighted by atomic mass is 10.3. The minimum absolute atomic E-state index is 0.737. The molecule has 0 fully saturated rings. The van der Waals surface area contributed by atoms with Gasteiger partial charge in [0.05, 0.1) is 6.26 Å². The van der Waals surface area contributed by atoms with Gasteiger partial charge in [-0.15, -0.1) is 0 Å². The van der Waals surface area contributed by atoms with E-state index in [1.165, 1.54) is 0 Å². The average Bonchev–Trinajstić information content (AvgIpc) is 2.63. The van der Waals surface area contributed by atoms with Crippen LogP contribution >= 0.6 is 15.9 Å². The summed E-state index contributed by atoms with van der Waals surface area (Å²) in [5.41, 5.74) is 1.10. The number of halogens is 1. The van der Waals surface area contributed by atoms with Crippen molar-refractivity contribution in [3.05, 3.63) is 22.6 Å². The molecule has 1 aliphatic rings. The Kier molecular flexibility index (Phi) is 3.08. The molecule has 1 aliphatic heterocycles. The Hall–Kier alpha value is -0.970. The van der Waals surface area contributed by atoms with Gasteiger partial charge in [0, 0.05) is 25.2 Å². The van der Waals surface area contributed by atoms with E-state index in [4.69, 9.17) is 4.42 Å². The molecule has 4 nitrogen and oxygen atoms in total. The Morgan fingerprint density at radius 1 is 1.64 bits per heavy atom. The molecule has 5 heteroatoms. The maximum absolute atomic E-state index is 5.12. The molecule has 1 aromatic heterocycles. The molecule has 0 unspecified atom stereocenters. The lowest BCUT2D eigenvalue weighted by molar-refractivity contribution is 0.538. The SMILES string of the molecule is Brc1cc(CNC2=NCCCN2)co1. The molecule has 1 aromatic rings. The molecule has 0 radical (unpaired) electrons. The fraction of sp³-hybridized carbons (Fsp3) is 0.444. The number of guanidine groups is 1. The van der Waals surface area contributed by atoms with Crippen molar-refractivity contribution in [2.24, 2.45) is 4.99 Å². The standard InChI is InChI=1S/C9H12BrN3O/c10-8-4-7(6-14-8)5-13-9-11-2-1-3-12-9/h4,6H,1-3,5H2,(H2,11,12,13). The zero-order valence-electron chi connectivity index (χ0n) is 7.72. The van der Waals surface area contributed by atoms with Gasteiger partial charge < -0.3 is 15.1 Å². The highest BCUT2D eigenvalue weighted by Crippen LogP contribution is 2.13. The normalized spacial score (nSPS) is 15.9. The lowest BCUT2D eigenvalue weighted by Crippen LogP contribution is -2.40. The van der Waals surface area contributed by atoms with Gasteiger partial charge in [0.2, 0.25) is 0 Å². The van der Waals surface area contributed by atoms with E-state index in [9.17, 15) is 0 Å². The third kappa shape index (κ3) is 2.51. The second kappa shape index (κ2) is 4.50. The molecule has 0 amide bonds. The van der Waals surface area contributed by atoms with Gasteiger partial charge in [0.15, 0.2) is 10.6 Å². The zero-order chi connectivity index (χ0) is 9.80. The largest absolute Gasteiger partial charge is 0.457 e. The first-order valence-electron chi connectivity index (χ1n) is 4.60. The Morgan fingerprint density at radius 3 is 3.21 bits per heavy atom. The lowest BCUT2D eigenvalue weighted by Gasteiger charge is -2.15. The third-order valence-corrected chi connectivity index (χ3v) is 2.39. The van der Waals surface area contributed by atoms with Gasteiger partial charge >= 0.3 is 0 Å². The predicted molar refractivity (Wildman–Crippen MR) is 58.2 cm³/mol. The van der Waals surface area contributed by atoms with Gasteiger partial charge in [0.1, 0.15) is 0 Å². The number of furan rings is 1. The fourth-order valence-corrected chi connectivity index (χ4v) is 1.66. The number of nitrogens with zero attached hydrogens (tertiary/aromatic N) is 1. The molecule has 2 rings (SSSR count). The fourth-order valence-electron chi connectivity index (χ4n) is 1.28. The van der Waals surface area contributed by atoms with Crippen molar-refractivity contribution in [3.63, 3.8) is 0 Å². The van der Waals surface area contributed by atoms with Crippen molar-refractivity contribution in [2.75, 3.05) is 13.1 Å². The van der Waals surface area contributed by atoms with Gasteiger partial charge in [0.25, 0.3) is 0 Å². The van der Waals surface area contributed by atoms with Crippen molar-refractivity contribution < 1.29 is 4.42 Å². The first kappa shape index (κ1) is 9.58. The molecule has 2 N–H and O–H groups in total. The molecule has 2 heterocycles. The van der Waals surface area contributed by atoms with E-state index in [-0.39, 0.29) is 0 Å². The zero-order valence-corrected chi connectivity index (χ0v) is 9.30. The summed E-state index contributed by atoms with van der Waals surface area (Å²) in [6.07, 6.45) is 2.84. The van der Waals surface area contributed by atoms with Crippen LogP contribution in [0.15, 0.2) is 26.4 Å².